The molecule has 0 aromatic rings. The van der Waals surface area contributed by atoms with Crippen molar-refractivity contribution in [3.63, 3.8) is 0 Å². The van der Waals surface area contributed by atoms with Gasteiger partial charge in [0.25, 0.3) is 0 Å². The number of carbonyl (C=O) groups is 1. The van der Waals surface area contributed by atoms with E-state index in [0.29, 0.717) is 6.04 Å². The maximum Gasteiger partial charge on any atom is 0.209 e. The molecule has 0 radical (unpaired) electrons. The Morgan fingerprint density at radius 1 is 1.70 bits per heavy atom. The average molecular weight is 161 g/mol. The van der Waals surface area contributed by atoms with Gasteiger partial charge in [-0.2, -0.15) is 11.8 Å². The highest BCUT2D eigenvalue weighted by Crippen LogP contribution is 2.05. The number of hydrogen-bond acceptors (Lipinski definition) is 2. The van der Waals surface area contributed by atoms with Crippen molar-refractivity contribution in [3.8, 4) is 0 Å². The van der Waals surface area contributed by atoms with Crippen LogP contribution in [0.5, 0.6) is 0 Å². The van der Waals surface area contributed by atoms with E-state index in [1.54, 1.807) is 16.7 Å². The van der Waals surface area contributed by atoms with Crippen LogP contribution in [0.3, 0.4) is 0 Å². The summed E-state index contributed by atoms with van der Waals surface area (Å²) in [5, 5.41) is 0. The SMILES string of the molecule is CCC(CSC)N(C)C=O. The molecule has 0 aromatic carbocycles. The van der Waals surface area contributed by atoms with Crippen LogP contribution in [-0.2, 0) is 4.79 Å². The first-order chi connectivity index (χ1) is 4.76. The predicted molar refractivity (Wildman–Crippen MR) is 46.3 cm³/mol. The summed E-state index contributed by atoms with van der Waals surface area (Å²) in [5.41, 5.74) is 0. The number of carbonyl (C=O) groups excluding carboxylic acids is 1. The molecule has 0 N–H and O–H groups in total. The van der Waals surface area contributed by atoms with Gasteiger partial charge in [0, 0.05) is 18.8 Å². The van der Waals surface area contributed by atoms with Crippen molar-refractivity contribution in [2.75, 3.05) is 19.1 Å². The van der Waals surface area contributed by atoms with Crippen LogP contribution >= 0.6 is 11.8 Å². The molecule has 0 heterocycles. The smallest absolute Gasteiger partial charge is 0.209 e. The summed E-state index contributed by atoms with van der Waals surface area (Å²) in [6.07, 6.45) is 3.99. The van der Waals surface area contributed by atoms with E-state index in [9.17, 15) is 4.79 Å². The van der Waals surface area contributed by atoms with Gasteiger partial charge >= 0.3 is 0 Å². The van der Waals surface area contributed by atoms with Gasteiger partial charge in [0.1, 0.15) is 0 Å². The lowest BCUT2D eigenvalue weighted by Crippen LogP contribution is -2.31. The Balaban J connectivity index is 3.67. The van der Waals surface area contributed by atoms with Crippen LogP contribution in [0.25, 0.3) is 0 Å². The Kier molecular flexibility index (Phi) is 5.49. The van der Waals surface area contributed by atoms with Crippen molar-refractivity contribution in [1.82, 2.24) is 4.90 Å². The van der Waals surface area contributed by atoms with E-state index in [-0.39, 0.29) is 0 Å². The van der Waals surface area contributed by atoms with Gasteiger partial charge in [0.15, 0.2) is 0 Å². The van der Waals surface area contributed by atoms with E-state index in [2.05, 4.69) is 13.2 Å². The Bertz CT molecular complexity index is 97.6. The van der Waals surface area contributed by atoms with Crippen LogP contribution in [0, 0.1) is 0 Å². The molecule has 0 aromatic heterocycles. The van der Waals surface area contributed by atoms with E-state index in [4.69, 9.17) is 0 Å². The minimum Gasteiger partial charge on any atom is -0.345 e. The van der Waals surface area contributed by atoms with Crippen molar-refractivity contribution in [3.05, 3.63) is 0 Å². The summed E-state index contributed by atoms with van der Waals surface area (Å²) >= 11 is 1.78. The summed E-state index contributed by atoms with van der Waals surface area (Å²) in [5.74, 6) is 1.03. The van der Waals surface area contributed by atoms with Crippen LogP contribution < -0.4 is 0 Å². The quantitative estimate of drug-likeness (QED) is 0.565. The summed E-state index contributed by atoms with van der Waals surface area (Å²) in [7, 11) is 1.83. The van der Waals surface area contributed by atoms with E-state index in [0.717, 1.165) is 18.6 Å². The Morgan fingerprint density at radius 2 is 2.30 bits per heavy atom. The second-order valence-electron chi connectivity index (χ2n) is 2.29. The van der Waals surface area contributed by atoms with Crippen molar-refractivity contribution in [1.29, 1.82) is 0 Å². The highest BCUT2D eigenvalue weighted by Gasteiger charge is 2.08. The lowest BCUT2D eigenvalue weighted by Gasteiger charge is -2.21. The third-order valence-corrected chi connectivity index (χ3v) is 2.29. The van der Waals surface area contributed by atoms with Crippen LogP contribution in [0.1, 0.15) is 13.3 Å². The highest BCUT2D eigenvalue weighted by atomic mass is 32.2. The summed E-state index contributed by atoms with van der Waals surface area (Å²) in [6.45, 7) is 2.10. The van der Waals surface area contributed by atoms with E-state index in [1.165, 1.54) is 0 Å². The van der Waals surface area contributed by atoms with E-state index in [1.807, 2.05) is 7.05 Å². The van der Waals surface area contributed by atoms with Crippen LogP contribution in [0.15, 0.2) is 0 Å². The maximum atomic E-state index is 10.3. The average Bonchev–Trinajstić information content (AvgIpc) is 1.99. The zero-order valence-electron chi connectivity index (χ0n) is 6.83. The van der Waals surface area contributed by atoms with Crippen molar-refractivity contribution in [2.24, 2.45) is 0 Å². The van der Waals surface area contributed by atoms with Crippen molar-refractivity contribution < 1.29 is 4.79 Å². The zero-order chi connectivity index (χ0) is 7.98. The second-order valence-corrected chi connectivity index (χ2v) is 3.20. The van der Waals surface area contributed by atoms with Gasteiger partial charge < -0.3 is 4.90 Å². The molecule has 0 fully saturated rings. The fourth-order valence-corrected chi connectivity index (χ4v) is 1.66. The molecule has 60 valence electrons. The molecule has 1 atom stereocenters. The molecule has 0 spiro atoms. The van der Waals surface area contributed by atoms with Crippen molar-refractivity contribution in [2.45, 2.75) is 19.4 Å². The first-order valence-corrected chi connectivity index (χ1v) is 4.81. The van der Waals surface area contributed by atoms with Crippen LogP contribution in [0.4, 0.5) is 0 Å². The van der Waals surface area contributed by atoms with Gasteiger partial charge in [-0.05, 0) is 12.7 Å². The van der Waals surface area contributed by atoms with E-state index < -0.39 is 0 Å². The van der Waals surface area contributed by atoms with Gasteiger partial charge in [-0.3, -0.25) is 4.79 Å². The summed E-state index contributed by atoms with van der Waals surface area (Å²) < 4.78 is 0. The first kappa shape index (κ1) is 9.82. The van der Waals surface area contributed by atoms with Gasteiger partial charge in [-0.15, -0.1) is 0 Å². The molecule has 2 nitrogen and oxygen atoms in total. The Labute approximate surface area is 67.0 Å². The monoisotopic (exact) mass is 161 g/mol. The number of amides is 1. The minimum absolute atomic E-state index is 0.410. The molecule has 0 rings (SSSR count). The van der Waals surface area contributed by atoms with Gasteiger partial charge in [0.2, 0.25) is 6.41 Å². The fourth-order valence-electron chi connectivity index (χ4n) is 0.802. The summed E-state index contributed by atoms with van der Waals surface area (Å²) in [6, 6.07) is 0.410. The largest absolute Gasteiger partial charge is 0.345 e. The molecule has 10 heavy (non-hydrogen) atoms. The molecular formula is C7H15NOS. The van der Waals surface area contributed by atoms with Gasteiger partial charge in [-0.25, -0.2) is 0 Å². The number of thioether (sulfide) groups is 1. The minimum atomic E-state index is 0.410. The lowest BCUT2D eigenvalue weighted by molar-refractivity contribution is -0.118. The fraction of sp³-hybridized carbons (Fsp3) is 0.857. The topological polar surface area (TPSA) is 20.3 Å². The predicted octanol–water partition coefficient (Wildman–Crippen LogP) is 1.22. The maximum absolute atomic E-state index is 10.3. The molecule has 3 heteroatoms. The van der Waals surface area contributed by atoms with Crippen molar-refractivity contribution >= 4 is 18.2 Å². The zero-order valence-corrected chi connectivity index (χ0v) is 7.65. The number of rotatable bonds is 5. The number of nitrogens with zero attached hydrogens (tertiary/aromatic N) is 1. The van der Waals surface area contributed by atoms with E-state index >= 15 is 0 Å². The number of hydrogen-bond donors (Lipinski definition) is 0. The molecule has 0 bridgehead atoms. The third kappa shape index (κ3) is 3.11. The summed E-state index contributed by atoms with van der Waals surface area (Å²) in [4.78, 5) is 12.0. The Hall–Kier alpha value is -0.180. The molecule has 0 saturated carbocycles. The van der Waals surface area contributed by atoms with Crippen LogP contribution in [0.2, 0.25) is 0 Å². The lowest BCUT2D eigenvalue weighted by atomic mass is 10.2. The molecule has 1 amide bonds. The molecule has 0 aliphatic carbocycles. The second kappa shape index (κ2) is 5.59. The molecular weight excluding hydrogens is 146 g/mol. The van der Waals surface area contributed by atoms with Gasteiger partial charge in [0.05, 0.1) is 0 Å². The molecule has 1 unspecified atom stereocenters. The highest BCUT2D eigenvalue weighted by molar-refractivity contribution is 7.98. The first-order valence-electron chi connectivity index (χ1n) is 3.42. The Morgan fingerprint density at radius 3 is 2.60 bits per heavy atom. The third-order valence-electron chi connectivity index (χ3n) is 1.57. The normalized spacial score (nSPS) is 12.7. The molecule has 0 aliphatic heterocycles. The van der Waals surface area contributed by atoms with Gasteiger partial charge in [-0.1, -0.05) is 6.92 Å². The molecule has 0 aliphatic rings. The molecule has 0 saturated heterocycles. The van der Waals surface area contributed by atoms with Crippen LogP contribution in [-0.4, -0.2) is 36.4 Å². The standard InChI is InChI=1S/C7H15NOS/c1-4-7(5-10-3)8(2)6-9/h6-7H,4-5H2,1-3H3.